The van der Waals surface area contributed by atoms with E-state index < -0.39 is 5.41 Å². The number of nitrogens with zero attached hydrogens (tertiary/aromatic N) is 3. The van der Waals surface area contributed by atoms with Crippen molar-refractivity contribution in [2.75, 3.05) is 0 Å². The quantitative estimate of drug-likeness (QED) is 0.182. The van der Waals surface area contributed by atoms with E-state index in [9.17, 15) is 0 Å². The SMILES string of the molecule is Cc1nc(-c2ccc(-c3cccc4ccccc34)cc2)cc(-c2ccc3c(c2)C2(c4ccccc4O3)c3ccccc3-c3c(-c4cnccc4C)cccc32)n1. The smallest absolute Gasteiger partial charge is 0.132 e. The van der Waals surface area contributed by atoms with Crippen LogP contribution in [0.15, 0.2) is 176 Å². The zero-order valence-electron chi connectivity index (χ0n) is 31.0. The van der Waals surface area contributed by atoms with Gasteiger partial charge < -0.3 is 4.74 Å². The van der Waals surface area contributed by atoms with Gasteiger partial charge in [-0.1, -0.05) is 127 Å². The molecule has 0 saturated carbocycles. The maximum Gasteiger partial charge on any atom is 0.132 e. The lowest BCUT2D eigenvalue weighted by Gasteiger charge is -2.39. The van der Waals surface area contributed by atoms with Gasteiger partial charge in [-0.3, -0.25) is 4.98 Å². The summed E-state index contributed by atoms with van der Waals surface area (Å²) >= 11 is 0. The second kappa shape index (κ2) is 12.4. The first kappa shape index (κ1) is 32.3. The van der Waals surface area contributed by atoms with E-state index in [-0.39, 0.29) is 0 Å². The van der Waals surface area contributed by atoms with Crippen LogP contribution in [0.25, 0.3) is 66.7 Å². The van der Waals surface area contributed by atoms with Crippen molar-refractivity contribution in [2.45, 2.75) is 19.3 Å². The Morgan fingerprint density at radius 3 is 1.98 bits per heavy atom. The minimum Gasteiger partial charge on any atom is -0.457 e. The second-order valence-corrected chi connectivity index (χ2v) is 14.8. The molecule has 4 heteroatoms. The van der Waals surface area contributed by atoms with Gasteiger partial charge in [-0.25, -0.2) is 9.97 Å². The molecule has 0 bridgehead atoms. The van der Waals surface area contributed by atoms with E-state index in [1.165, 1.54) is 55.3 Å². The van der Waals surface area contributed by atoms with Crippen LogP contribution in [0.4, 0.5) is 0 Å². The summed E-state index contributed by atoms with van der Waals surface area (Å²) < 4.78 is 6.77. The van der Waals surface area contributed by atoms with Crippen LogP contribution >= 0.6 is 0 Å². The van der Waals surface area contributed by atoms with Gasteiger partial charge in [0, 0.05) is 40.2 Å². The van der Waals surface area contributed by atoms with Crippen molar-refractivity contribution >= 4 is 10.8 Å². The number of para-hydroxylation sites is 1. The third kappa shape index (κ3) is 4.75. The lowest BCUT2D eigenvalue weighted by molar-refractivity contribution is 0.436. The number of aromatic nitrogens is 3. The molecule has 56 heavy (non-hydrogen) atoms. The second-order valence-electron chi connectivity index (χ2n) is 14.8. The summed E-state index contributed by atoms with van der Waals surface area (Å²) in [5.41, 5.74) is 16.3. The number of benzene rings is 7. The Hall–Kier alpha value is -7.17. The fourth-order valence-corrected chi connectivity index (χ4v) is 9.24. The molecule has 0 amide bonds. The van der Waals surface area contributed by atoms with Gasteiger partial charge in [-0.2, -0.15) is 0 Å². The first-order valence-corrected chi connectivity index (χ1v) is 19.1. The molecule has 0 fully saturated rings. The Bertz CT molecular complexity index is 3030. The first-order valence-electron chi connectivity index (χ1n) is 19.1. The Morgan fingerprint density at radius 1 is 0.464 bits per heavy atom. The molecule has 4 nitrogen and oxygen atoms in total. The third-order valence-corrected chi connectivity index (χ3v) is 11.7. The fraction of sp³-hybridized carbons (Fsp3) is 0.0577. The summed E-state index contributed by atoms with van der Waals surface area (Å²) in [6.07, 6.45) is 3.86. The molecular formula is C52H35N3O. The highest BCUT2D eigenvalue weighted by Crippen LogP contribution is 2.63. The van der Waals surface area contributed by atoms with E-state index in [0.29, 0.717) is 0 Å². The van der Waals surface area contributed by atoms with Crippen molar-refractivity contribution in [1.29, 1.82) is 0 Å². The molecule has 1 unspecified atom stereocenters. The highest BCUT2D eigenvalue weighted by molar-refractivity contribution is 5.98. The molecule has 1 aliphatic heterocycles. The van der Waals surface area contributed by atoms with E-state index in [2.05, 4.69) is 176 Å². The minimum atomic E-state index is -0.624. The van der Waals surface area contributed by atoms with Crippen LogP contribution in [0.5, 0.6) is 11.5 Å². The lowest BCUT2D eigenvalue weighted by atomic mass is 9.65. The Balaban J connectivity index is 1.08. The van der Waals surface area contributed by atoms with E-state index in [0.717, 1.165) is 56.5 Å². The highest BCUT2D eigenvalue weighted by atomic mass is 16.5. The van der Waals surface area contributed by atoms with Gasteiger partial charge in [0.25, 0.3) is 0 Å². The molecule has 1 atom stereocenters. The van der Waals surface area contributed by atoms with E-state index in [1.807, 2.05) is 19.3 Å². The summed E-state index contributed by atoms with van der Waals surface area (Å²) in [5.74, 6) is 2.43. The number of ether oxygens (including phenoxy) is 1. The van der Waals surface area contributed by atoms with Crippen LogP contribution in [-0.4, -0.2) is 15.0 Å². The van der Waals surface area contributed by atoms with Gasteiger partial charge in [-0.05, 0) is 106 Å². The van der Waals surface area contributed by atoms with Crippen LogP contribution in [0.3, 0.4) is 0 Å². The van der Waals surface area contributed by atoms with Crippen molar-refractivity contribution in [1.82, 2.24) is 15.0 Å². The van der Waals surface area contributed by atoms with Gasteiger partial charge in [0.05, 0.1) is 16.8 Å². The lowest BCUT2D eigenvalue weighted by Crippen LogP contribution is -2.32. The van der Waals surface area contributed by atoms with Crippen molar-refractivity contribution in [2.24, 2.45) is 0 Å². The molecule has 9 aromatic rings. The highest BCUT2D eigenvalue weighted by Gasteiger charge is 2.51. The number of rotatable bonds is 4. The molecule has 3 heterocycles. The molecule has 7 aromatic carbocycles. The van der Waals surface area contributed by atoms with E-state index in [4.69, 9.17) is 14.7 Å². The molecule has 1 spiro atoms. The standard InChI is InChI=1S/C52H35N3O/c1-32-27-28-53-31-42(32)40-16-10-19-45-51(40)41-14-5-6-17-43(41)52(45)44-18-7-8-20-49(44)56-50-26-25-37(29-46(50)52)48-30-47(54-33(2)55-48)36-23-21-35(22-24-36)39-15-9-12-34-11-3-4-13-38(34)39/h3-31H,1-2H3. The molecule has 1 aliphatic carbocycles. The normalized spacial score (nSPS) is 14.8. The van der Waals surface area contributed by atoms with E-state index >= 15 is 0 Å². The molecule has 2 aliphatic rings. The molecule has 2 aromatic heterocycles. The zero-order chi connectivity index (χ0) is 37.4. The number of pyridine rings is 1. The van der Waals surface area contributed by atoms with Crippen molar-refractivity contribution < 1.29 is 4.74 Å². The van der Waals surface area contributed by atoms with Gasteiger partial charge in [0.1, 0.15) is 17.3 Å². The van der Waals surface area contributed by atoms with Gasteiger partial charge in [0.2, 0.25) is 0 Å². The minimum absolute atomic E-state index is 0.624. The molecule has 11 rings (SSSR count). The molecule has 0 saturated heterocycles. The summed E-state index contributed by atoms with van der Waals surface area (Å²) in [6.45, 7) is 4.14. The largest absolute Gasteiger partial charge is 0.457 e. The van der Waals surface area contributed by atoms with Gasteiger partial charge in [0.15, 0.2) is 0 Å². The predicted molar refractivity (Wildman–Crippen MR) is 226 cm³/mol. The topological polar surface area (TPSA) is 47.9 Å². The van der Waals surface area contributed by atoms with Crippen LogP contribution in [0.1, 0.15) is 33.6 Å². The Morgan fingerprint density at radius 2 is 1.11 bits per heavy atom. The summed E-state index contributed by atoms with van der Waals surface area (Å²) in [6, 6.07) is 58.6. The van der Waals surface area contributed by atoms with Gasteiger partial charge in [-0.15, -0.1) is 0 Å². The zero-order valence-corrected chi connectivity index (χ0v) is 31.0. The number of hydrogen-bond acceptors (Lipinski definition) is 4. The van der Waals surface area contributed by atoms with Crippen LogP contribution in [0, 0.1) is 13.8 Å². The third-order valence-electron chi connectivity index (χ3n) is 11.7. The van der Waals surface area contributed by atoms with Crippen LogP contribution in [-0.2, 0) is 5.41 Å². The monoisotopic (exact) mass is 717 g/mol. The van der Waals surface area contributed by atoms with Crippen molar-refractivity contribution in [3.8, 4) is 67.4 Å². The molecule has 264 valence electrons. The maximum absolute atomic E-state index is 6.77. The first-order chi connectivity index (χ1) is 27.6. The maximum atomic E-state index is 6.77. The fourth-order valence-electron chi connectivity index (χ4n) is 9.24. The molecule has 0 radical (unpaired) electrons. The Kier molecular flexibility index (Phi) is 7.17. The molecule has 0 N–H and O–H groups in total. The number of fused-ring (bicyclic) bond motifs is 10. The van der Waals surface area contributed by atoms with Crippen molar-refractivity contribution in [3.63, 3.8) is 0 Å². The summed E-state index contributed by atoms with van der Waals surface area (Å²) in [5, 5.41) is 2.48. The molecular weight excluding hydrogens is 683 g/mol. The number of aryl methyl sites for hydroxylation is 2. The van der Waals surface area contributed by atoms with Crippen LogP contribution in [0.2, 0.25) is 0 Å². The predicted octanol–water partition coefficient (Wildman–Crippen LogP) is 12.8. The van der Waals surface area contributed by atoms with Crippen molar-refractivity contribution in [3.05, 3.63) is 210 Å². The number of hydrogen-bond donors (Lipinski definition) is 0. The van der Waals surface area contributed by atoms with E-state index in [1.54, 1.807) is 0 Å². The Labute approximate surface area is 325 Å². The summed E-state index contributed by atoms with van der Waals surface area (Å²) in [7, 11) is 0. The van der Waals surface area contributed by atoms with Gasteiger partial charge >= 0.3 is 0 Å². The average molecular weight is 718 g/mol. The van der Waals surface area contributed by atoms with Crippen LogP contribution < -0.4 is 4.74 Å². The average Bonchev–Trinajstić information content (AvgIpc) is 3.54. The summed E-state index contributed by atoms with van der Waals surface area (Å²) in [4.78, 5) is 14.5.